The van der Waals surface area contributed by atoms with Crippen LogP contribution in [-0.4, -0.2) is 57.3 Å². The summed E-state index contributed by atoms with van der Waals surface area (Å²) in [6.45, 7) is 2.46. The first-order valence-electron chi connectivity index (χ1n) is 14.1. The smallest absolute Gasteiger partial charge is 0.331 e. The number of benzene rings is 1. The molecule has 8 unspecified atom stereocenters. The van der Waals surface area contributed by atoms with Crippen molar-refractivity contribution in [2.24, 2.45) is 33.7 Å². The maximum Gasteiger partial charge on any atom is 0.331 e. The summed E-state index contributed by atoms with van der Waals surface area (Å²) in [4.78, 5) is 24.7. The molecule has 1 aromatic carbocycles. The Labute approximate surface area is 237 Å². The number of hydrazone groups is 1. The van der Waals surface area contributed by atoms with Gasteiger partial charge in [-0.3, -0.25) is 4.79 Å². The molecule has 39 heavy (non-hydrogen) atoms. The summed E-state index contributed by atoms with van der Waals surface area (Å²) in [5.41, 5.74) is 0.808. The lowest BCUT2D eigenvalue weighted by Gasteiger charge is -2.65. The van der Waals surface area contributed by atoms with Crippen LogP contribution < -0.4 is 5.43 Å². The molecule has 0 saturated heterocycles. The van der Waals surface area contributed by atoms with Crippen LogP contribution in [-0.2, 0) is 9.53 Å². The van der Waals surface area contributed by atoms with Crippen LogP contribution in [0.25, 0.3) is 0 Å². The molecular weight excluding hydrogens is 564 g/mol. The van der Waals surface area contributed by atoms with Crippen molar-refractivity contribution >= 4 is 34.0 Å². The Kier molecular flexibility index (Phi) is 6.61. The molecule has 9 heteroatoms. The van der Waals surface area contributed by atoms with Crippen LogP contribution >= 0.6 is 15.9 Å². The van der Waals surface area contributed by atoms with Crippen LogP contribution in [0.3, 0.4) is 0 Å². The minimum Gasteiger partial charge on any atom is -0.458 e. The van der Waals surface area contributed by atoms with Crippen LogP contribution in [0.15, 0.2) is 45.5 Å². The number of nitrogens with one attached hydrogen (secondary N) is 1. The Bertz CT molecular complexity index is 1250. The third kappa shape index (κ3) is 4.06. The maximum absolute atomic E-state index is 12.8. The monoisotopic (exact) mass is 600 g/mol. The van der Waals surface area contributed by atoms with Gasteiger partial charge in [-0.2, -0.15) is 5.10 Å². The Balaban J connectivity index is 1.32. The highest BCUT2D eigenvalue weighted by molar-refractivity contribution is 9.10. The Morgan fingerprint density at radius 1 is 1.13 bits per heavy atom. The number of esters is 1. The van der Waals surface area contributed by atoms with Crippen molar-refractivity contribution in [1.82, 2.24) is 5.43 Å². The molecule has 210 valence electrons. The van der Waals surface area contributed by atoms with Gasteiger partial charge in [-0.1, -0.05) is 28.9 Å². The van der Waals surface area contributed by atoms with Gasteiger partial charge in [0.05, 0.1) is 17.3 Å². The van der Waals surface area contributed by atoms with E-state index >= 15 is 0 Å². The molecule has 0 bridgehead atoms. The summed E-state index contributed by atoms with van der Waals surface area (Å²) in [6.07, 6.45) is 8.13. The van der Waals surface area contributed by atoms with Crippen LogP contribution in [0.1, 0.15) is 75.1 Å². The van der Waals surface area contributed by atoms with Crippen molar-refractivity contribution in [2.75, 3.05) is 6.61 Å². The lowest BCUT2D eigenvalue weighted by molar-refractivity contribution is -0.237. The summed E-state index contributed by atoms with van der Waals surface area (Å²) in [6, 6.07) is 7.06. The van der Waals surface area contributed by atoms with Crippen molar-refractivity contribution in [3.63, 3.8) is 0 Å². The fourth-order valence-corrected chi connectivity index (χ4v) is 9.66. The van der Waals surface area contributed by atoms with Gasteiger partial charge in [-0.05, 0) is 92.9 Å². The second-order valence-corrected chi connectivity index (χ2v) is 13.6. The highest BCUT2D eigenvalue weighted by atomic mass is 79.9. The van der Waals surface area contributed by atoms with Gasteiger partial charge in [-0.15, -0.1) is 0 Å². The van der Waals surface area contributed by atoms with Crippen molar-refractivity contribution < 1.29 is 29.6 Å². The third-order valence-electron chi connectivity index (χ3n) is 11.2. The Morgan fingerprint density at radius 2 is 1.92 bits per heavy atom. The first-order valence-corrected chi connectivity index (χ1v) is 14.9. The predicted octanol–water partition coefficient (Wildman–Crippen LogP) is 3.88. The van der Waals surface area contributed by atoms with Gasteiger partial charge in [0.2, 0.25) is 0 Å². The number of carbonyl (C=O) groups is 2. The predicted molar refractivity (Wildman–Crippen MR) is 148 cm³/mol. The number of halogens is 1. The number of ether oxygens (including phenoxy) is 1. The number of cyclic esters (lactones) is 1. The summed E-state index contributed by atoms with van der Waals surface area (Å²) in [7, 11) is 0. The van der Waals surface area contributed by atoms with E-state index in [0.717, 1.165) is 29.3 Å². The van der Waals surface area contributed by atoms with Crippen LogP contribution in [0, 0.1) is 28.6 Å². The van der Waals surface area contributed by atoms with Crippen LogP contribution in [0.5, 0.6) is 0 Å². The van der Waals surface area contributed by atoms with E-state index < -0.39 is 28.1 Å². The SMILES string of the molecule is CC12CCC3C(CCC4(O)CC(O)CCC34C=NNC(=O)c3cccc(Br)c3)C1(O)CCC2C1=CC(=O)OC1. The number of aliphatic hydroxyl groups excluding tert-OH is 1. The minimum atomic E-state index is -1.17. The van der Waals surface area contributed by atoms with E-state index in [2.05, 4.69) is 33.4 Å². The molecule has 4 saturated carbocycles. The molecule has 0 spiro atoms. The highest BCUT2D eigenvalue weighted by Gasteiger charge is 2.71. The average molecular weight is 602 g/mol. The number of aliphatic hydroxyl groups is 3. The maximum atomic E-state index is 12.8. The van der Waals surface area contributed by atoms with E-state index in [9.17, 15) is 24.9 Å². The second-order valence-electron chi connectivity index (χ2n) is 12.7. The van der Waals surface area contributed by atoms with E-state index in [1.807, 2.05) is 6.07 Å². The van der Waals surface area contributed by atoms with E-state index in [1.54, 1.807) is 30.5 Å². The molecule has 8 nitrogen and oxygen atoms in total. The number of rotatable bonds is 4. The van der Waals surface area contributed by atoms with Gasteiger partial charge in [0.1, 0.15) is 6.61 Å². The summed E-state index contributed by atoms with van der Waals surface area (Å²) < 4.78 is 6.02. The molecule has 8 atom stereocenters. The molecule has 1 heterocycles. The third-order valence-corrected chi connectivity index (χ3v) is 11.7. The number of nitrogens with zero attached hydrogens (tertiary/aromatic N) is 1. The van der Waals surface area contributed by atoms with Crippen molar-refractivity contribution in [2.45, 2.75) is 82.0 Å². The number of fused-ring (bicyclic) bond motifs is 5. The number of hydrogen-bond donors (Lipinski definition) is 4. The molecule has 0 aromatic heterocycles. The van der Waals surface area contributed by atoms with Crippen molar-refractivity contribution in [3.05, 3.63) is 46.0 Å². The van der Waals surface area contributed by atoms with Crippen molar-refractivity contribution in [1.29, 1.82) is 0 Å². The topological polar surface area (TPSA) is 128 Å². The number of carbonyl (C=O) groups excluding carboxylic acids is 2. The van der Waals surface area contributed by atoms with Gasteiger partial charge in [0.15, 0.2) is 0 Å². The number of amides is 1. The minimum absolute atomic E-state index is 0.0532. The van der Waals surface area contributed by atoms with E-state index in [-0.39, 0.29) is 36.1 Å². The molecule has 4 fully saturated rings. The van der Waals surface area contributed by atoms with Gasteiger partial charge >= 0.3 is 5.97 Å². The molecular formula is C30H37BrN2O6. The zero-order valence-electron chi connectivity index (χ0n) is 22.2. The van der Waals surface area contributed by atoms with Crippen LogP contribution in [0.2, 0.25) is 0 Å². The molecule has 5 aliphatic rings. The van der Waals surface area contributed by atoms with E-state index in [4.69, 9.17) is 4.74 Å². The van der Waals surface area contributed by atoms with Gasteiger partial charge < -0.3 is 20.1 Å². The standard InChI is InChI=1S/C30H37BrN2O6/c1-27-9-6-23-24(30(27,38)12-8-22(27)19-14-25(35)39-16-19)7-11-29(37)15-21(34)5-10-28(23,29)17-32-33-26(36)18-3-2-4-20(31)13-18/h2-4,13-14,17,21-24,34,37-38H,5-12,15-16H2,1H3,(H,33,36). The summed E-state index contributed by atoms with van der Waals surface area (Å²) >= 11 is 3.39. The largest absolute Gasteiger partial charge is 0.458 e. The lowest BCUT2D eigenvalue weighted by Crippen LogP contribution is -2.68. The zero-order valence-corrected chi connectivity index (χ0v) is 23.8. The Morgan fingerprint density at radius 3 is 2.67 bits per heavy atom. The molecule has 1 amide bonds. The quantitative estimate of drug-likeness (QED) is 0.236. The summed E-state index contributed by atoms with van der Waals surface area (Å²) in [5.74, 6) is -0.685. The first kappa shape index (κ1) is 27.1. The molecule has 1 aliphatic heterocycles. The zero-order chi connectivity index (χ0) is 27.6. The second kappa shape index (κ2) is 9.50. The fraction of sp³-hybridized carbons (Fsp3) is 0.633. The van der Waals surface area contributed by atoms with Crippen molar-refractivity contribution in [3.8, 4) is 0 Å². The van der Waals surface area contributed by atoms with E-state index in [0.29, 0.717) is 44.3 Å². The molecule has 4 aliphatic carbocycles. The normalized spacial score (nSPS) is 43.3. The number of hydrogen-bond acceptors (Lipinski definition) is 7. The average Bonchev–Trinajstić information content (AvgIpc) is 3.43. The van der Waals surface area contributed by atoms with Gasteiger partial charge in [0.25, 0.3) is 5.91 Å². The van der Waals surface area contributed by atoms with Gasteiger partial charge in [-0.25, -0.2) is 10.2 Å². The Hall–Kier alpha value is -2.07. The summed E-state index contributed by atoms with van der Waals surface area (Å²) in [5, 5.41) is 39.6. The highest BCUT2D eigenvalue weighted by Crippen LogP contribution is 2.70. The van der Waals surface area contributed by atoms with E-state index in [1.165, 1.54) is 0 Å². The molecule has 6 rings (SSSR count). The molecule has 4 N–H and O–H groups in total. The van der Waals surface area contributed by atoms with Gasteiger partial charge in [0, 0.05) is 39.6 Å². The fourth-order valence-electron chi connectivity index (χ4n) is 9.26. The lowest BCUT2D eigenvalue weighted by atomic mass is 9.41. The molecule has 0 radical (unpaired) electrons. The van der Waals surface area contributed by atoms with Crippen LogP contribution in [0.4, 0.5) is 0 Å². The first-order chi connectivity index (χ1) is 18.5. The molecule has 1 aromatic rings.